The standard InChI is InChI=1S/C21H26N2O3/c1-16-7-8-18(26-16)14-22-11-9-19-20(10-12-22)25-15-21(24)23(19)13-17-5-3-2-4-6-17/h2-8,19-20H,9-15H2,1H3/t19-,20-/m0/s1. The fourth-order valence-electron chi connectivity index (χ4n) is 4.05. The molecule has 4 rings (SSSR count). The summed E-state index contributed by atoms with van der Waals surface area (Å²) in [5.74, 6) is 2.06. The van der Waals surface area contributed by atoms with Crippen LogP contribution < -0.4 is 0 Å². The Morgan fingerprint density at radius 2 is 1.85 bits per heavy atom. The number of carbonyl (C=O) groups is 1. The second-order valence-electron chi connectivity index (χ2n) is 7.29. The molecule has 0 aliphatic carbocycles. The van der Waals surface area contributed by atoms with E-state index < -0.39 is 0 Å². The third-order valence-electron chi connectivity index (χ3n) is 5.41. The van der Waals surface area contributed by atoms with E-state index in [0.717, 1.165) is 44.0 Å². The lowest BCUT2D eigenvalue weighted by atomic mass is 10.0. The molecule has 5 heteroatoms. The zero-order chi connectivity index (χ0) is 17.9. The number of morpholine rings is 1. The molecule has 1 amide bonds. The Hall–Kier alpha value is -2.11. The first-order chi connectivity index (χ1) is 12.7. The highest BCUT2D eigenvalue weighted by molar-refractivity contribution is 5.78. The maximum atomic E-state index is 12.5. The number of carbonyl (C=O) groups excluding carboxylic acids is 1. The molecule has 0 unspecified atom stereocenters. The van der Waals surface area contributed by atoms with Crippen LogP contribution >= 0.6 is 0 Å². The van der Waals surface area contributed by atoms with Crippen LogP contribution in [0.25, 0.3) is 0 Å². The summed E-state index contributed by atoms with van der Waals surface area (Å²) in [6.07, 6.45) is 2.01. The smallest absolute Gasteiger partial charge is 0.249 e. The second kappa shape index (κ2) is 7.64. The molecule has 3 heterocycles. The Morgan fingerprint density at radius 3 is 2.62 bits per heavy atom. The number of aryl methyl sites for hydroxylation is 1. The van der Waals surface area contributed by atoms with Crippen molar-refractivity contribution in [2.24, 2.45) is 0 Å². The summed E-state index contributed by atoms with van der Waals surface area (Å²) in [7, 11) is 0. The predicted molar refractivity (Wildman–Crippen MR) is 98.5 cm³/mol. The molecule has 2 aliphatic heterocycles. The second-order valence-corrected chi connectivity index (χ2v) is 7.29. The van der Waals surface area contributed by atoms with Crippen molar-refractivity contribution in [1.82, 2.24) is 9.80 Å². The molecule has 2 aromatic rings. The summed E-state index contributed by atoms with van der Waals surface area (Å²) in [6.45, 7) is 5.57. The van der Waals surface area contributed by atoms with Gasteiger partial charge in [-0.05, 0) is 37.5 Å². The molecule has 0 radical (unpaired) electrons. The molecule has 1 aromatic carbocycles. The van der Waals surface area contributed by atoms with E-state index in [4.69, 9.17) is 9.15 Å². The number of hydrogen-bond donors (Lipinski definition) is 0. The van der Waals surface area contributed by atoms with E-state index in [1.165, 1.54) is 5.56 Å². The van der Waals surface area contributed by atoms with Crippen LogP contribution in [0.1, 0.15) is 29.9 Å². The van der Waals surface area contributed by atoms with Crippen molar-refractivity contribution in [3.8, 4) is 0 Å². The van der Waals surface area contributed by atoms with Crippen LogP contribution in [0.3, 0.4) is 0 Å². The predicted octanol–water partition coefficient (Wildman–Crippen LogP) is 2.98. The van der Waals surface area contributed by atoms with Crippen molar-refractivity contribution in [1.29, 1.82) is 0 Å². The molecule has 138 valence electrons. The van der Waals surface area contributed by atoms with Crippen LogP contribution in [0.4, 0.5) is 0 Å². The molecular formula is C21H26N2O3. The number of ether oxygens (including phenoxy) is 1. The van der Waals surface area contributed by atoms with E-state index in [1.54, 1.807) is 0 Å². The Kier molecular flexibility index (Phi) is 5.09. The van der Waals surface area contributed by atoms with Crippen LogP contribution in [-0.2, 0) is 22.6 Å². The van der Waals surface area contributed by atoms with Gasteiger partial charge in [0.25, 0.3) is 0 Å². The summed E-state index contributed by atoms with van der Waals surface area (Å²) in [5.41, 5.74) is 1.17. The van der Waals surface area contributed by atoms with Crippen LogP contribution in [0, 0.1) is 6.92 Å². The van der Waals surface area contributed by atoms with Crippen molar-refractivity contribution in [3.05, 3.63) is 59.5 Å². The van der Waals surface area contributed by atoms with Crippen molar-refractivity contribution in [3.63, 3.8) is 0 Å². The van der Waals surface area contributed by atoms with Crippen molar-refractivity contribution < 1.29 is 13.9 Å². The van der Waals surface area contributed by atoms with E-state index in [0.29, 0.717) is 6.54 Å². The molecule has 2 fully saturated rings. The van der Waals surface area contributed by atoms with Crippen molar-refractivity contribution >= 4 is 5.91 Å². The van der Waals surface area contributed by atoms with Gasteiger partial charge in [0.05, 0.1) is 18.7 Å². The monoisotopic (exact) mass is 354 g/mol. The maximum absolute atomic E-state index is 12.5. The Balaban J connectivity index is 1.44. The molecule has 2 atom stereocenters. The molecule has 5 nitrogen and oxygen atoms in total. The van der Waals surface area contributed by atoms with Gasteiger partial charge in [0.1, 0.15) is 18.1 Å². The lowest BCUT2D eigenvalue weighted by molar-refractivity contribution is -0.158. The summed E-state index contributed by atoms with van der Waals surface area (Å²) < 4.78 is 11.6. The van der Waals surface area contributed by atoms with E-state index in [2.05, 4.69) is 23.1 Å². The zero-order valence-electron chi connectivity index (χ0n) is 15.3. The molecule has 0 N–H and O–H groups in total. The van der Waals surface area contributed by atoms with Crippen LogP contribution in [0.2, 0.25) is 0 Å². The van der Waals surface area contributed by atoms with Gasteiger partial charge in [-0.15, -0.1) is 0 Å². The minimum atomic E-state index is 0.102. The van der Waals surface area contributed by atoms with E-state index >= 15 is 0 Å². The van der Waals surface area contributed by atoms with Gasteiger partial charge in [0, 0.05) is 19.6 Å². The van der Waals surface area contributed by atoms with Gasteiger partial charge in [-0.1, -0.05) is 30.3 Å². The zero-order valence-corrected chi connectivity index (χ0v) is 15.3. The number of amides is 1. The molecule has 0 saturated carbocycles. The number of nitrogens with zero attached hydrogens (tertiary/aromatic N) is 2. The van der Waals surface area contributed by atoms with Gasteiger partial charge in [0.2, 0.25) is 5.91 Å². The van der Waals surface area contributed by atoms with Gasteiger partial charge in [0.15, 0.2) is 0 Å². The highest BCUT2D eigenvalue weighted by Crippen LogP contribution is 2.26. The third kappa shape index (κ3) is 3.84. The summed E-state index contributed by atoms with van der Waals surface area (Å²) >= 11 is 0. The molecule has 1 aromatic heterocycles. The first kappa shape index (κ1) is 17.3. The first-order valence-electron chi connectivity index (χ1n) is 9.42. The minimum absolute atomic E-state index is 0.102. The van der Waals surface area contributed by atoms with Crippen molar-refractivity contribution in [2.45, 2.75) is 45.0 Å². The fraction of sp³-hybridized carbons (Fsp3) is 0.476. The Labute approximate surface area is 154 Å². The van der Waals surface area contributed by atoms with E-state index in [9.17, 15) is 4.79 Å². The molecular weight excluding hydrogens is 328 g/mol. The number of fused-ring (bicyclic) bond motifs is 1. The van der Waals surface area contributed by atoms with Gasteiger partial charge in [-0.2, -0.15) is 0 Å². The van der Waals surface area contributed by atoms with Crippen LogP contribution in [-0.4, -0.2) is 47.5 Å². The van der Waals surface area contributed by atoms with Crippen LogP contribution in [0.5, 0.6) is 0 Å². The maximum Gasteiger partial charge on any atom is 0.249 e. The highest BCUT2D eigenvalue weighted by atomic mass is 16.5. The van der Waals surface area contributed by atoms with Gasteiger partial charge >= 0.3 is 0 Å². The van der Waals surface area contributed by atoms with Crippen molar-refractivity contribution in [2.75, 3.05) is 19.7 Å². The Bertz CT molecular complexity index is 743. The lowest BCUT2D eigenvalue weighted by Gasteiger charge is -2.40. The lowest BCUT2D eigenvalue weighted by Crippen LogP contribution is -2.53. The van der Waals surface area contributed by atoms with Crippen LogP contribution in [0.15, 0.2) is 46.9 Å². The molecule has 2 aliphatic rings. The number of hydrogen-bond acceptors (Lipinski definition) is 4. The molecule has 0 spiro atoms. The quantitative estimate of drug-likeness (QED) is 0.847. The summed E-state index contributed by atoms with van der Waals surface area (Å²) in [6, 6.07) is 14.4. The number of likely N-dealkylation sites (tertiary alicyclic amines) is 1. The summed E-state index contributed by atoms with van der Waals surface area (Å²) in [5, 5.41) is 0. The van der Waals surface area contributed by atoms with E-state index in [-0.39, 0.29) is 24.7 Å². The largest absolute Gasteiger partial charge is 0.465 e. The van der Waals surface area contributed by atoms with Gasteiger partial charge < -0.3 is 14.1 Å². The third-order valence-corrected chi connectivity index (χ3v) is 5.41. The van der Waals surface area contributed by atoms with Gasteiger partial charge in [-0.3, -0.25) is 9.69 Å². The summed E-state index contributed by atoms with van der Waals surface area (Å²) in [4.78, 5) is 17.0. The number of rotatable bonds is 4. The van der Waals surface area contributed by atoms with E-state index in [1.807, 2.05) is 36.1 Å². The van der Waals surface area contributed by atoms with Gasteiger partial charge in [-0.25, -0.2) is 0 Å². The topological polar surface area (TPSA) is 45.9 Å². The number of furan rings is 1. The first-order valence-corrected chi connectivity index (χ1v) is 9.42. The minimum Gasteiger partial charge on any atom is -0.465 e. The molecule has 2 saturated heterocycles. The number of benzene rings is 1. The molecule has 0 bridgehead atoms. The Morgan fingerprint density at radius 1 is 1.04 bits per heavy atom. The fourth-order valence-corrected chi connectivity index (χ4v) is 4.05. The normalized spacial score (nSPS) is 24.3. The highest BCUT2D eigenvalue weighted by Gasteiger charge is 2.38. The molecule has 26 heavy (non-hydrogen) atoms. The SMILES string of the molecule is Cc1ccc(CN2CC[C@@H]3OCC(=O)N(Cc4ccccc4)[C@H]3CC2)o1. The average molecular weight is 354 g/mol. The average Bonchev–Trinajstić information content (AvgIpc) is 2.94.